The molecule has 0 N–H and O–H groups in total. The molecule has 0 saturated carbocycles. The minimum absolute atomic E-state index is 0.0421. The predicted molar refractivity (Wildman–Crippen MR) is 91.6 cm³/mol. The van der Waals surface area contributed by atoms with Crippen molar-refractivity contribution >= 4 is 11.8 Å². The number of rotatable bonds is 4. The number of pyridine rings is 1. The van der Waals surface area contributed by atoms with Crippen LogP contribution >= 0.6 is 11.8 Å². The van der Waals surface area contributed by atoms with Crippen molar-refractivity contribution in [1.82, 2.24) is 19.7 Å². The molecular formula is C17H21FN4OS. The Morgan fingerprint density at radius 1 is 1.46 bits per heavy atom. The molecule has 0 amide bonds. The van der Waals surface area contributed by atoms with Gasteiger partial charge in [-0.3, -0.25) is 9.58 Å². The van der Waals surface area contributed by atoms with Gasteiger partial charge in [-0.1, -0.05) is 0 Å². The number of hydrogen-bond acceptors (Lipinski definition) is 5. The van der Waals surface area contributed by atoms with Crippen LogP contribution in [0.15, 0.2) is 24.4 Å². The monoisotopic (exact) mass is 348 g/mol. The van der Waals surface area contributed by atoms with E-state index >= 15 is 0 Å². The minimum atomic E-state index is -0.384. The first kappa shape index (κ1) is 15.9. The van der Waals surface area contributed by atoms with E-state index in [2.05, 4.69) is 21.0 Å². The molecule has 0 unspecified atom stereocenters. The highest BCUT2D eigenvalue weighted by molar-refractivity contribution is 8.01. The molecule has 5 nitrogen and oxygen atoms in total. The van der Waals surface area contributed by atoms with Crippen LogP contribution in [-0.2, 0) is 13.6 Å². The van der Waals surface area contributed by atoms with Crippen molar-refractivity contribution in [2.75, 3.05) is 18.8 Å². The number of aromatic nitrogens is 3. The number of likely N-dealkylation sites (tertiary alicyclic amines) is 1. The maximum absolute atomic E-state index is 13.7. The van der Waals surface area contributed by atoms with Crippen molar-refractivity contribution in [2.45, 2.75) is 30.7 Å². The van der Waals surface area contributed by atoms with Crippen LogP contribution < -0.4 is 4.74 Å². The van der Waals surface area contributed by atoms with Crippen LogP contribution in [0, 0.1) is 12.7 Å². The molecule has 1 spiro atoms. The van der Waals surface area contributed by atoms with Crippen molar-refractivity contribution in [3.63, 3.8) is 0 Å². The third-order valence-electron chi connectivity index (χ3n) is 4.69. The van der Waals surface area contributed by atoms with E-state index < -0.39 is 0 Å². The van der Waals surface area contributed by atoms with Gasteiger partial charge in [0.15, 0.2) is 5.82 Å². The summed E-state index contributed by atoms with van der Waals surface area (Å²) >= 11 is 1.95. The maximum Gasteiger partial charge on any atom is 0.250 e. The van der Waals surface area contributed by atoms with Crippen LogP contribution in [0.4, 0.5) is 4.39 Å². The van der Waals surface area contributed by atoms with Gasteiger partial charge in [-0.25, -0.2) is 9.37 Å². The molecule has 7 heteroatoms. The smallest absolute Gasteiger partial charge is 0.250 e. The van der Waals surface area contributed by atoms with Gasteiger partial charge >= 0.3 is 0 Å². The summed E-state index contributed by atoms with van der Waals surface area (Å²) in [4.78, 5) is 6.43. The Hall–Kier alpha value is -1.60. The molecule has 2 aromatic rings. The highest BCUT2D eigenvalue weighted by Crippen LogP contribution is 2.46. The van der Waals surface area contributed by atoms with E-state index in [1.165, 1.54) is 11.8 Å². The minimum Gasteiger partial charge on any atom is -0.471 e. The number of ether oxygens (including phenoxy) is 1. The van der Waals surface area contributed by atoms with Gasteiger partial charge in [0, 0.05) is 49.8 Å². The number of nitrogens with zero attached hydrogens (tertiary/aromatic N) is 4. The Balaban J connectivity index is 1.32. The summed E-state index contributed by atoms with van der Waals surface area (Å²) in [5.41, 5.74) is 2.30. The van der Waals surface area contributed by atoms with Crippen molar-refractivity contribution in [2.24, 2.45) is 7.05 Å². The normalized spacial score (nSPS) is 22.7. The number of aryl methyl sites for hydroxylation is 2. The van der Waals surface area contributed by atoms with E-state index in [0.29, 0.717) is 0 Å². The van der Waals surface area contributed by atoms with Crippen molar-refractivity contribution in [1.29, 1.82) is 0 Å². The van der Waals surface area contributed by atoms with Crippen LogP contribution in [0.5, 0.6) is 5.88 Å². The van der Waals surface area contributed by atoms with E-state index in [0.717, 1.165) is 37.5 Å². The molecule has 4 heterocycles. The lowest BCUT2D eigenvalue weighted by molar-refractivity contribution is 0.0874. The Kier molecular flexibility index (Phi) is 4.00. The highest BCUT2D eigenvalue weighted by Gasteiger charge is 2.49. The molecule has 2 aliphatic rings. The molecule has 0 bridgehead atoms. The van der Waals surface area contributed by atoms with E-state index in [-0.39, 0.29) is 22.5 Å². The lowest BCUT2D eigenvalue weighted by Crippen LogP contribution is -2.58. The third kappa shape index (κ3) is 3.02. The Labute approximate surface area is 145 Å². The molecule has 2 aliphatic heterocycles. The fourth-order valence-corrected chi connectivity index (χ4v) is 5.21. The highest BCUT2D eigenvalue weighted by atomic mass is 32.2. The van der Waals surface area contributed by atoms with Gasteiger partial charge in [0.05, 0.1) is 11.4 Å². The largest absolute Gasteiger partial charge is 0.471 e. The molecule has 0 aromatic carbocycles. The SMILES string of the molecule is Cc1cc(CN2CC3(C[C@H](Oc4ncccc4F)CS3)C2)n(C)n1. The molecular weight excluding hydrogens is 327 g/mol. The molecule has 4 rings (SSSR count). The van der Waals surface area contributed by atoms with E-state index in [4.69, 9.17) is 4.74 Å². The second-order valence-corrected chi connectivity index (χ2v) is 8.26. The predicted octanol–water partition coefficient (Wildman–Crippen LogP) is 2.40. The first-order chi connectivity index (χ1) is 11.5. The molecule has 2 saturated heterocycles. The van der Waals surface area contributed by atoms with Gasteiger partial charge in [0.25, 0.3) is 5.88 Å². The van der Waals surface area contributed by atoms with Crippen LogP contribution in [0.25, 0.3) is 0 Å². The zero-order valence-electron chi connectivity index (χ0n) is 13.9. The third-order valence-corrected chi connectivity index (χ3v) is 6.26. The molecule has 128 valence electrons. The fraction of sp³-hybridized carbons (Fsp3) is 0.529. The first-order valence-electron chi connectivity index (χ1n) is 8.16. The van der Waals surface area contributed by atoms with Crippen LogP contribution in [0.2, 0.25) is 0 Å². The lowest BCUT2D eigenvalue weighted by atomic mass is 9.93. The summed E-state index contributed by atoms with van der Waals surface area (Å²) in [5.74, 6) is 0.640. The maximum atomic E-state index is 13.7. The first-order valence-corrected chi connectivity index (χ1v) is 9.15. The molecule has 24 heavy (non-hydrogen) atoms. The molecule has 0 radical (unpaired) electrons. The molecule has 0 aliphatic carbocycles. The summed E-state index contributed by atoms with van der Waals surface area (Å²) in [6.07, 6.45) is 2.56. The fourth-order valence-electron chi connectivity index (χ4n) is 3.64. The standard InChI is InChI=1S/C17H21FN4OS/c1-12-6-13(21(2)20-12)8-22-10-17(11-22)7-14(9-24-17)23-16-15(18)4-3-5-19-16/h3-6,14H,7-11H2,1-2H3/t14-/m0/s1. The average Bonchev–Trinajstić information content (AvgIpc) is 3.05. The summed E-state index contributed by atoms with van der Waals surface area (Å²) in [6.45, 7) is 5.05. The van der Waals surface area contributed by atoms with Crippen LogP contribution in [0.3, 0.4) is 0 Å². The molecule has 2 aromatic heterocycles. The van der Waals surface area contributed by atoms with E-state index in [1.54, 1.807) is 12.3 Å². The Bertz CT molecular complexity index is 744. The number of hydrogen-bond donors (Lipinski definition) is 0. The number of thioether (sulfide) groups is 1. The second kappa shape index (κ2) is 6.04. The summed E-state index contributed by atoms with van der Waals surface area (Å²) in [6, 6.07) is 5.11. The van der Waals surface area contributed by atoms with Gasteiger partial charge < -0.3 is 4.74 Å². The number of halogens is 1. The summed E-state index contributed by atoms with van der Waals surface area (Å²) < 4.78 is 21.6. The van der Waals surface area contributed by atoms with Gasteiger partial charge in [0.1, 0.15) is 6.10 Å². The summed E-state index contributed by atoms with van der Waals surface area (Å²) in [7, 11) is 1.99. The van der Waals surface area contributed by atoms with Gasteiger partial charge in [0.2, 0.25) is 0 Å². The quantitative estimate of drug-likeness (QED) is 0.849. The van der Waals surface area contributed by atoms with Gasteiger partial charge in [-0.15, -0.1) is 11.8 Å². The summed E-state index contributed by atoms with van der Waals surface area (Å²) in [5, 5.41) is 4.40. The van der Waals surface area contributed by atoms with Crippen molar-refractivity contribution < 1.29 is 9.13 Å². The van der Waals surface area contributed by atoms with E-state index in [1.807, 2.05) is 30.4 Å². The topological polar surface area (TPSA) is 43.2 Å². The Morgan fingerprint density at radius 3 is 3.00 bits per heavy atom. The van der Waals surface area contributed by atoms with Gasteiger partial charge in [-0.2, -0.15) is 5.10 Å². The average molecular weight is 348 g/mol. The molecule has 2 fully saturated rings. The van der Waals surface area contributed by atoms with Gasteiger partial charge in [-0.05, 0) is 25.1 Å². The van der Waals surface area contributed by atoms with Crippen molar-refractivity contribution in [3.8, 4) is 5.88 Å². The molecule has 1 atom stereocenters. The zero-order chi connectivity index (χ0) is 16.7. The van der Waals surface area contributed by atoms with E-state index in [9.17, 15) is 4.39 Å². The second-order valence-electron chi connectivity index (χ2n) is 6.77. The van der Waals surface area contributed by atoms with Crippen LogP contribution in [-0.4, -0.2) is 49.4 Å². The van der Waals surface area contributed by atoms with Crippen molar-refractivity contribution in [3.05, 3.63) is 41.6 Å². The van der Waals surface area contributed by atoms with Crippen LogP contribution in [0.1, 0.15) is 17.8 Å². The zero-order valence-corrected chi connectivity index (χ0v) is 14.7. The lowest BCUT2D eigenvalue weighted by Gasteiger charge is -2.47. The Morgan fingerprint density at radius 2 is 2.29 bits per heavy atom.